The third-order valence-corrected chi connectivity index (χ3v) is 3.05. The Kier molecular flexibility index (Phi) is 4.69. The largest absolute Gasteiger partial charge is 0.286 e. The Morgan fingerprint density at radius 1 is 1.40 bits per heavy atom. The molecule has 0 saturated carbocycles. The lowest BCUT2D eigenvalue weighted by Crippen LogP contribution is -2.39. The van der Waals surface area contributed by atoms with Crippen LogP contribution in [0.4, 0.5) is 0 Å². The SMILES string of the molecule is O=S(=O)(O)CCc1cccc[n+]1CCBr. The number of hydrogen-bond donors (Lipinski definition) is 1. The summed E-state index contributed by atoms with van der Waals surface area (Å²) in [5, 5.41) is 0.806. The molecule has 6 heteroatoms. The summed E-state index contributed by atoms with van der Waals surface area (Å²) in [7, 11) is -3.88. The van der Waals surface area contributed by atoms with Crippen LogP contribution in [0.2, 0.25) is 0 Å². The van der Waals surface area contributed by atoms with Gasteiger partial charge in [0.05, 0.1) is 11.1 Å². The minimum atomic E-state index is -3.88. The molecule has 84 valence electrons. The summed E-state index contributed by atoms with van der Waals surface area (Å²) in [4.78, 5) is 0. The number of hydrogen-bond acceptors (Lipinski definition) is 2. The Morgan fingerprint density at radius 3 is 2.73 bits per heavy atom. The molecule has 0 atom stereocenters. The summed E-state index contributed by atoms with van der Waals surface area (Å²) in [6.45, 7) is 0.779. The number of aryl methyl sites for hydroxylation is 2. The fourth-order valence-corrected chi connectivity index (χ4v) is 2.13. The van der Waals surface area contributed by atoms with Crippen molar-refractivity contribution in [3.63, 3.8) is 0 Å². The van der Waals surface area contributed by atoms with E-state index in [9.17, 15) is 8.42 Å². The van der Waals surface area contributed by atoms with Crippen molar-refractivity contribution in [3.8, 4) is 0 Å². The molecule has 1 aromatic heterocycles. The van der Waals surface area contributed by atoms with Gasteiger partial charge in [-0.05, 0) is 0 Å². The predicted octanol–water partition coefficient (Wildman–Crippen LogP) is 0.799. The van der Waals surface area contributed by atoms with Crippen molar-refractivity contribution < 1.29 is 17.5 Å². The van der Waals surface area contributed by atoms with Gasteiger partial charge in [-0.2, -0.15) is 8.42 Å². The number of pyridine rings is 1. The molecule has 0 bridgehead atoms. The number of rotatable bonds is 5. The molecule has 15 heavy (non-hydrogen) atoms. The van der Waals surface area contributed by atoms with E-state index in [2.05, 4.69) is 15.9 Å². The summed E-state index contributed by atoms with van der Waals surface area (Å²) in [6.07, 6.45) is 2.22. The molecule has 0 unspecified atom stereocenters. The molecule has 0 amide bonds. The van der Waals surface area contributed by atoms with Crippen molar-refractivity contribution >= 4 is 26.0 Å². The summed E-state index contributed by atoms with van der Waals surface area (Å²) in [5.74, 6) is -0.237. The molecule has 1 aromatic rings. The average Bonchev–Trinajstić information content (AvgIpc) is 2.16. The van der Waals surface area contributed by atoms with E-state index < -0.39 is 10.1 Å². The van der Waals surface area contributed by atoms with E-state index in [-0.39, 0.29) is 5.75 Å². The van der Waals surface area contributed by atoms with Gasteiger partial charge in [-0.25, -0.2) is 4.57 Å². The Labute approximate surface area is 97.8 Å². The highest BCUT2D eigenvalue weighted by Gasteiger charge is 2.12. The third-order valence-electron chi connectivity index (χ3n) is 1.98. The molecule has 1 heterocycles. The second kappa shape index (κ2) is 5.58. The summed E-state index contributed by atoms with van der Waals surface area (Å²) < 4.78 is 31.8. The van der Waals surface area contributed by atoms with Crippen LogP contribution < -0.4 is 4.57 Å². The average molecular weight is 295 g/mol. The van der Waals surface area contributed by atoms with Gasteiger partial charge in [0.2, 0.25) is 0 Å². The fraction of sp³-hybridized carbons (Fsp3) is 0.444. The molecule has 0 aromatic carbocycles. The number of alkyl halides is 1. The highest BCUT2D eigenvalue weighted by atomic mass is 79.9. The van der Waals surface area contributed by atoms with E-state index in [1.807, 2.05) is 29.0 Å². The maximum absolute atomic E-state index is 10.6. The van der Waals surface area contributed by atoms with Crippen LogP contribution in [-0.2, 0) is 23.1 Å². The van der Waals surface area contributed by atoms with E-state index >= 15 is 0 Å². The first-order valence-electron chi connectivity index (χ1n) is 4.51. The van der Waals surface area contributed by atoms with Crippen LogP contribution in [-0.4, -0.2) is 24.1 Å². The lowest BCUT2D eigenvalue weighted by atomic mass is 10.3. The van der Waals surface area contributed by atoms with Gasteiger partial charge in [0.1, 0.15) is 0 Å². The van der Waals surface area contributed by atoms with Gasteiger partial charge < -0.3 is 0 Å². The first-order valence-corrected chi connectivity index (χ1v) is 7.24. The first-order chi connectivity index (χ1) is 7.03. The van der Waals surface area contributed by atoms with Crippen molar-refractivity contribution in [1.82, 2.24) is 0 Å². The molecular weight excluding hydrogens is 282 g/mol. The quantitative estimate of drug-likeness (QED) is 0.496. The van der Waals surface area contributed by atoms with Gasteiger partial charge in [-0.3, -0.25) is 4.55 Å². The predicted molar refractivity (Wildman–Crippen MR) is 60.6 cm³/mol. The van der Waals surface area contributed by atoms with E-state index in [0.29, 0.717) is 6.42 Å². The molecule has 0 aliphatic rings. The highest BCUT2D eigenvalue weighted by molar-refractivity contribution is 9.09. The van der Waals surface area contributed by atoms with Crippen LogP contribution in [0.3, 0.4) is 0 Å². The second-order valence-corrected chi connectivity index (χ2v) is 5.48. The Bertz CT molecular complexity index is 419. The van der Waals surface area contributed by atoms with Crippen molar-refractivity contribution in [3.05, 3.63) is 30.1 Å². The zero-order valence-corrected chi connectivity index (χ0v) is 10.5. The third kappa shape index (κ3) is 4.72. The lowest BCUT2D eigenvalue weighted by Gasteiger charge is -2.01. The summed E-state index contributed by atoms with van der Waals surface area (Å²) >= 11 is 3.32. The van der Waals surface area contributed by atoms with Gasteiger partial charge in [-0.15, -0.1) is 0 Å². The van der Waals surface area contributed by atoms with Crippen LogP contribution in [0.25, 0.3) is 0 Å². The monoisotopic (exact) mass is 294 g/mol. The molecule has 0 aliphatic heterocycles. The van der Waals surface area contributed by atoms with E-state index in [1.54, 1.807) is 0 Å². The topological polar surface area (TPSA) is 58.3 Å². The second-order valence-electron chi connectivity index (χ2n) is 3.11. The fourth-order valence-electron chi connectivity index (χ4n) is 1.28. The van der Waals surface area contributed by atoms with Crippen molar-refractivity contribution in [1.29, 1.82) is 0 Å². The molecular formula is C9H13BrNO3S+. The number of halogens is 1. The Balaban J connectivity index is 2.75. The van der Waals surface area contributed by atoms with Gasteiger partial charge in [0, 0.05) is 18.6 Å². The normalized spacial score (nSPS) is 11.6. The molecule has 0 saturated heterocycles. The van der Waals surface area contributed by atoms with E-state index in [4.69, 9.17) is 4.55 Å². The lowest BCUT2D eigenvalue weighted by molar-refractivity contribution is -0.699. The first kappa shape index (κ1) is 12.6. The van der Waals surface area contributed by atoms with Gasteiger partial charge in [-0.1, -0.05) is 22.0 Å². The molecule has 1 rings (SSSR count). The van der Waals surface area contributed by atoms with Gasteiger partial charge >= 0.3 is 0 Å². The molecule has 0 spiro atoms. The van der Waals surface area contributed by atoms with Crippen molar-refractivity contribution in [2.24, 2.45) is 0 Å². The smallest absolute Gasteiger partial charge is 0.265 e. The van der Waals surface area contributed by atoms with Crippen molar-refractivity contribution in [2.45, 2.75) is 13.0 Å². The van der Waals surface area contributed by atoms with Crippen LogP contribution in [0.1, 0.15) is 5.69 Å². The molecule has 0 fully saturated rings. The summed E-state index contributed by atoms with van der Waals surface area (Å²) in [6, 6.07) is 5.59. The van der Waals surface area contributed by atoms with Crippen LogP contribution >= 0.6 is 15.9 Å². The maximum atomic E-state index is 10.6. The Hall–Kier alpha value is -0.460. The van der Waals surface area contributed by atoms with Crippen molar-refractivity contribution in [2.75, 3.05) is 11.1 Å². The van der Waals surface area contributed by atoms with Gasteiger partial charge in [0.15, 0.2) is 18.4 Å². The van der Waals surface area contributed by atoms with Gasteiger partial charge in [0.25, 0.3) is 10.1 Å². The Morgan fingerprint density at radius 2 is 2.13 bits per heavy atom. The molecule has 0 aliphatic carbocycles. The summed E-state index contributed by atoms with van der Waals surface area (Å²) in [5.41, 5.74) is 0.898. The minimum absolute atomic E-state index is 0.237. The molecule has 4 nitrogen and oxygen atoms in total. The van der Waals surface area contributed by atoms with E-state index in [1.165, 1.54) is 0 Å². The van der Waals surface area contributed by atoms with Crippen LogP contribution in [0.5, 0.6) is 0 Å². The molecule has 1 N–H and O–H groups in total. The minimum Gasteiger partial charge on any atom is -0.286 e. The molecule has 0 radical (unpaired) electrons. The number of aromatic nitrogens is 1. The zero-order chi connectivity index (χ0) is 11.3. The van der Waals surface area contributed by atoms with Crippen LogP contribution in [0.15, 0.2) is 24.4 Å². The van der Waals surface area contributed by atoms with Crippen LogP contribution in [0, 0.1) is 0 Å². The van der Waals surface area contributed by atoms with E-state index in [0.717, 1.165) is 17.6 Å². The highest BCUT2D eigenvalue weighted by Crippen LogP contribution is 1.96. The zero-order valence-electron chi connectivity index (χ0n) is 8.13. The standard InChI is InChI=1S/C9H12BrNO3S/c10-5-7-11-6-2-1-3-9(11)4-8-15(12,13)14/h1-3,6H,4-5,7-8H2/p+1. The maximum Gasteiger partial charge on any atom is 0.265 e. The number of nitrogens with zero attached hydrogens (tertiary/aromatic N) is 1.